The summed E-state index contributed by atoms with van der Waals surface area (Å²) >= 11 is 2.25. The van der Waals surface area contributed by atoms with Gasteiger partial charge in [-0.3, -0.25) is 9.36 Å². The van der Waals surface area contributed by atoms with E-state index in [-0.39, 0.29) is 0 Å². The van der Waals surface area contributed by atoms with Crippen LogP contribution in [-0.2, 0) is 16.1 Å². The summed E-state index contributed by atoms with van der Waals surface area (Å²) in [5, 5.41) is 26.2. The Morgan fingerprint density at radius 1 is 1.21 bits per heavy atom. The van der Waals surface area contributed by atoms with Crippen LogP contribution in [0.15, 0.2) is 36.9 Å². The van der Waals surface area contributed by atoms with E-state index in [9.17, 15) is 15.0 Å². The second-order valence-corrected chi connectivity index (χ2v) is 7.81. The molecule has 4 N–H and O–H groups in total. The summed E-state index contributed by atoms with van der Waals surface area (Å²) in [7, 11) is 1.43. The third-order valence-electron chi connectivity index (χ3n) is 4.75. The van der Waals surface area contributed by atoms with Crippen LogP contribution in [0.1, 0.15) is 11.8 Å². The van der Waals surface area contributed by atoms with Crippen molar-refractivity contribution in [1.29, 1.82) is 0 Å². The molecular weight excluding hydrogens is 491 g/mol. The first-order valence-corrected chi connectivity index (χ1v) is 9.96. The van der Waals surface area contributed by atoms with E-state index in [0.29, 0.717) is 23.5 Å². The summed E-state index contributed by atoms with van der Waals surface area (Å²) in [5.74, 6) is 0.0150. The molecule has 11 heteroatoms. The van der Waals surface area contributed by atoms with Gasteiger partial charge in [-0.1, -0.05) is 12.1 Å². The van der Waals surface area contributed by atoms with Crippen LogP contribution < -0.4 is 10.6 Å². The Labute approximate surface area is 179 Å². The van der Waals surface area contributed by atoms with Gasteiger partial charge >= 0.3 is 0 Å². The van der Waals surface area contributed by atoms with Crippen molar-refractivity contribution < 1.29 is 19.7 Å². The van der Waals surface area contributed by atoms with Gasteiger partial charge in [-0.05, 0) is 40.3 Å². The average molecular weight is 510 g/mol. The van der Waals surface area contributed by atoms with Crippen molar-refractivity contribution in [3.63, 3.8) is 0 Å². The first-order chi connectivity index (χ1) is 14.0. The molecule has 0 spiro atoms. The van der Waals surface area contributed by atoms with E-state index in [4.69, 9.17) is 4.74 Å². The number of carbonyl (C=O) groups excluding carboxylic acids is 1. The number of anilines is 1. The fourth-order valence-corrected chi connectivity index (χ4v) is 3.56. The fourth-order valence-electron chi connectivity index (χ4n) is 3.20. The minimum absolute atomic E-state index is 0.416. The number of aliphatic hydroxyl groups is 2. The normalized spacial score (nSPS) is 24.0. The number of ether oxygens (including phenoxy) is 1. The van der Waals surface area contributed by atoms with Gasteiger partial charge < -0.3 is 25.6 Å². The van der Waals surface area contributed by atoms with Crippen LogP contribution in [-0.4, -0.2) is 61.0 Å². The molecule has 3 heterocycles. The zero-order valence-electron chi connectivity index (χ0n) is 15.4. The average Bonchev–Trinajstić information content (AvgIpc) is 3.29. The summed E-state index contributed by atoms with van der Waals surface area (Å²) in [5.41, 5.74) is 1.99. The van der Waals surface area contributed by atoms with Gasteiger partial charge in [0.05, 0.1) is 6.33 Å². The van der Waals surface area contributed by atoms with Crippen LogP contribution in [0.5, 0.6) is 0 Å². The summed E-state index contributed by atoms with van der Waals surface area (Å²) in [6.07, 6.45) is -2.04. The van der Waals surface area contributed by atoms with Crippen LogP contribution in [0.2, 0.25) is 0 Å². The lowest BCUT2D eigenvalue weighted by atomic mass is 10.1. The molecule has 2 aromatic heterocycles. The second kappa shape index (κ2) is 8.18. The number of aliphatic hydroxyl groups excluding tert-OH is 2. The highest BCUT2D eigenvalue weighted by Gasteiger charge is 2.47. The highest BCUT2D eigenvalue weighted by molar-refractivity contribution is 14.1. The fraction of sp³-hybridized carbons (Fsp3) is 0.333. The van der Waals surface area contributed by atoms with Crippen molar-refractivity contribution in [2.24, 2.45) is 0 Å². The van der Waals surface area contributed by atoms with E-state index in [1.807, 2.05) is 24.3 Å². The van der Waals surface area contributed by atoms with E-state index in [2.05, 4.69) is 48.2 Å². The van der Waals surface area contributed by atoms with Gasteiger partial charge in [-0.15, -0.1) is 0 Å². The van der Waals surface area contributed by atoms with Crippen LogP contribution >= 0.6 is 22.6 Å². The second-order valence-electron chi connectivity index (χ2n) is 6.57. The Bertz CT molecular complexity index is 1030. The highest BCUT2D eigenvalue weighted by Crippen LogP contribution is 2.32. The molecule has 1 aromatic carbocycles. The van der Waals surface area contributed by atoms with E-state index >= 15 is 0 Å². The van der Waals surface area contributed by atoms with Crippen molar-refractivity contribution in [3.8, 4) is 0 Å². The number of aromatic nitrogens is 4. The highest BCUT2D eigenvalue weighted by atomic mass is 127. The molecule has 1 amide bonds. The lowest BCUT2D eigenvalue weighted by molar-refractivity contribution is -0.137. The number of nitrogens with zero attached hydrogens (tertiary/aromatic N) is 4. The minimum atomic E-state index is -1.36. The maximum atomic E-state index is 11.9. The smallest absolute Gasteiger partial charge is 0.251 e. The van der Waals surface area contributed by atoms with E-state index < -0.39 is 30.4 Å². The maximum absolute atomic E-state index is 11.9. The topological polar surface area (TPSA) is 134 Å². The summed E-state index contributed by atoms with van der Waals surface area (Å²) < 4.78 is 8.25. The number of amides is 1. The third kappa shape index (κ3) is 3.77. The Balaban J connectivity index is 1.59. The molecule has 1 aliphatic rings. The zero-order valence-corrected chi connectivity index (χ0v) is 17.5. The Morgan fingerprint density at radius 2 is 1.97 bits per heavy atom. The summed E-state index contributed by atoms with van der Waals surface area (Å²) in [6, 6.07) is 8.09. The number of benzene rings is 1. The predicted molar refractivity (Wildman–Crippen MR) is 112 cm³/mol. The number of nitrogens with one attached hydrogen (secondary N) is 2. The van der Waals surface area contributed by atoms with E-state index in [1.165, 1.54) is 24.3 Å². The monoisotopic (exact) mass is 510 g/mol. The Hall–Kier alpha value is -2.35. The molecule has 4 unspecified atom stereocenters. The number of halogens is 1. The molecule has 1 aliphatic heterocycles. The van der Waals surface area contributed by atoms with Gasteiger partial charge in [-0.2, -0.15) is 0 Å². The van der Waals surface area contributed by atoms with Crippen molar-refractivity contribution in [2.75, 3.05) is 12.4 Å². The predicted octanol–water partition coefficient (Wildman–Crippen LogP) is 0.408. The van der Waals surface area contributed by atoms with Crippen molar-refractivity contribution in [2.45, 2.75) is 31.1 Å². The number of imidazole rings is 1. The van der Waals surface area contributed by atoms with Crippen LogP contribution in [0.3, 0.4) is 0 Å². The van der Waals surface area contributed by atoms with Gasteiger partial charge in [-0.25, -0.2) is 15.0 Å². The SMILES string of the molecule is CNC(=O)C1OC(n2cnc3c(NCc4ccc(I)cc4)ncnc32)C(O)C1O. The number of hydrogen-bond donors (Lipinski definition) is 4. The standard InChI is InChI=1S/C18H19IN6O4/c1-20-17(28)14-12(26)13(27)18(29-14)25-8-24-11-15(22-7-23-16(11)25)21-6-9-2-4-10(19)5-3-9/h2-5,7-8,12-14,18,26-27H,6H2,1H3,(H,20,28)(H,21,22,23). The molecule has 152 valence electrons. The van der Waals surface area contributed by atoms with Crippen molar-refractivity contribution in [3.05, 3.63) is 46.1 Å². The summed E-state index contributed by atoms with van der Waals surface area (Å²) in [6.45, 7) is 0.551. The third-order valence-corrected chi connectivity index (χ3v) is 5.47. The van der Waals surface area contributed by atoms with Gasteiger partial charge in [0, 0.05) is 17.2 Å². The Kier molecular flexibility index (Phi) is 5.63. The molecule has 0 aliphatic carbocycles. The number of likely N-dealkylation sites (N-methyl/N-ethyl adjacent to an activating group) is 1. The number of rotatable bonds is 5. The van der Waals surface area contributed by atoms with E-state index in [1.54, 1.807) is 0 Å². The molecule has 1 fully saturated rings. The first kappa shape index (κ1) is 19.9. The van der Waals surface area contributed by atoms with Gasteiger partial charge in [0.2, 0.25) is 0 Å². The van der Waals surface area contributed by atoms with Crippen molar-refractivity contribution in [1.82, 2.24) is 24.8 Å². The molecule has 1 saturated heterocycles. The molecule has 10 nitrogen and oxygen atoms in total. The molecule has 4 atom stereocenters. The Morgan fingerprint density at radius 3 is 2.69 bits per heavy atom. The minimum Gasteiger partial charge on any atom is -0.387 e. The zero-order chi connectivity index (χ0) is 20.5. The van der Waals surface area contributed by atoms with Gasteiger partial charge in [0.1, 0.15) is 18.5 Å². The molecule has 0 radical (unpaired) electrons. The largest absolute Gasteiger partial charge is 0.387 e. The molecule has 3 aromatic rings. The number of fused-ring (bicyclic) bond motifs is 1. The lowest BCUT2D eigenvalue weighted by Crippen LogP contribution is -2.41. The molecule has 4 rings (SSSR count). The van der Waals surface area contributed by atoms with Crippen LogP contribution in [0.4, 0.5) is 5.82 Å². The quantitative estimate of drug-likeness (QED) is 0.363. The lowest BCUT2D eigenvalue weighted by Gasteiger charge is -2.16. The van der Waals surface area contributed by atoms with Crippen LogP contribution in [0, 0.1) is 3.57 Å². The maximum Gasteiger partial charge on any atom is 0.251 e. The summed E-state index contributed by atoms with van der Waals surface area (Å²) in [4.78, 5) is 24.7. The van der Waals surface area contributed by atoms with Crippen LogP contribution in [0.25, 0.3) is 11.2 Å². The first-order valence-electron chi connectivity index (χ1n) is 8.88. The van der Waals surface area contributed by atoms with E-state index in [0.717, 1.165) is 9.13 Å². The molecule has 0 bridgehead atoms. The molecular formula is C18H19IN6O4. The van der Waals surface area contributed by atoms with Crippen molar-refractivity contribution >= 4 is 45.5 Å². The number of carbonyl (C=O) groups is 1. The molecule has 0 saturated carbocycles. The number of hydrogen-bond acceptors (Lipinski definition) is 8. The van der Waals surface area contributed by atoms with Gasteiger partial charge in [0.15, 0.2) is 29.3 Å². The van der Waals surface area contributed by atoms with Gasteiger partial charge in [0.25, 0.3) is 5.91 Å². The molecule has 29 heavy (non-hydrogen) atoms.